The fourth-order valence-corrected chi connectivity index (χ4v) is 10.3. The summed E-state index contributed by atoms with van der Waals surface area (Å²) < 4.78 is 4.57. The van der Waals surface area contributed by atoms with Gasteiger partial charge in [0.2, 0.25) is 5.91 Å². The van der Waals surface area contributed by atoms with Crippen LogP contribution in [0.5, 0.6) is 0 Å². The number of nitrogens with zero attached hydrogens (tertiary/aromatic N) is 2. The quantitative estimate of drug-likeness (QED) is 0.255. The molecular weight excluding hydrogens is 580 g/mol. The van der Waals surface area contributed by atoms with E-state index in [0.29, 0.717) is 17.1 Å². The van der Waals surface area contributed by atoms with Crippen LogP contribution in [0.4, 0.5) is 5.69 Å². The average molecular weight is 614 g/mol. The van der Waals surface area contributed by atoms with Gasteiger partial charge in [0, 0.05) is 16.6 Å². The van der Waals surface area contributed by atoms with Gasteiger partial charge in [-0.1, -0.05) is 59.6 Å². The molecule has 0 radical (unpaired) electrons. The maximum atomic E-state index is 14.7. The fraction of sp³-hybridized carbons (Fsp3) is 0.593. The van der Waals surface area contributed by atoms with E-state index in [2.05, 4.69) is 22.5 Å². The number of halogens is 2. The number of likely N-dealkylation sites (tertiary alicyclic amines) is 1. The van der Waals surface area contributed by atoms with Gasteiger partial charge >= 0.3 is 5.97 Å². The van der Waals surface area contributed by atoms with Gasteiger partial charge in [0.25, 0.3) is 5.91 Å². The number of hydrogen-bond acceptors (Lipinski definition) is 6. The third-order valence-corrected chi connectivity index (χ3v) is 11.4. The van der Waals surface area contributed by atoms with E-state index in [9.17, 15) is 19.5 Å². The van der Waals surface area contributed by atoms with E-state index in [0.717, 1.165) is 5.56 Å². The number of esters is 1. The van der Waals surface area contributed by atoms with Gasteiger partial charge in [0.15, 0.2) is 0 Å². The van der Waals surface area contributed by atoms with Crippen molar-refractivity contribution in [3.8, 4) is 0 Å². The monoisotopic (exact) mass is 612 g/mol. The molecule has 0 aromatic heterocycles. The number of thioether (sulfide) groups is 1. The highest BCUT2D eigenvalue weighted by Gasteiger charge is 2.76. The zero-order valence-electron chi connectivity index (χ0n) is 21.5. The summed E-state index contributed by atoms with van der Waals surface area (Å²) in [5.74, 6) is -2.46. The highest BCUT2D eigenvalue weighted by molar-refractivity contribution is 9.09. The Morgan fingerprint density at radius 3 is 2.70 bits per heavy atom. The average Bonchev–Trinajstić information content (AvgIpc) is 3.42. The molecule has 10 heteroatoms. The van der Waals surface area contributed by atoms with Crippen molar-refractivity contribution in [3.63, 3.8) is 0 Å². The predicted octanol–water partition coefficient (Wildman–Crippen LogP) is 4.21. The SMILES string of the molecule is C=CCN(C(=O)C1N([C@@H](CO)C(C)C)C(=O)[C@@H]2[C@@H](C(=O)OCC)[C@@H]3SC12CC3Br)c1c(C)cccc1Cl. The summed E-state index contributed by atoms with van der Waals surface area (Å²) in [5, 5.41) is 10.6. The molecule has 3 aliphatic heterocycles. The van der Waals surface area contributed by atoms with Crippen LogP contribution in [0.15, 0.2) is 30.9 Å². The summed E-state index contributed by atoms with van der Waals surface area (Å²) in [6.45, 7) is 11.4. The number of aliphatic hydroxyl groups excluding tert-OH is 1. The van der Waals surface area contributed by atoms with Crippen molar-refractivity contribution in [2.75, 3.05) is 24.7 Å². The van der Waals surface area contributed by atoms with Gasteiger partial charge in [-0.15, -0.1) is 18.3 Å². The Bertz CT molecular complexity index is 1080. The van der Waals surface area contributed by atoms with E-state index in [1.807, 2.05) is 32.9 Å². The Labute approximate surface area is 236 Å². The van der Waals surface area contributed by atoms with Crippen molar-refractivity contribution in [2.45, 2.75) is 61.0 Å². The Hall–Kier alpha value is -1.55. The number of amides is 2. The number of anilines is 1. The molecule has 2 amide bonds. The molecule has 3 heterocycles. The lowest BCUT2D eigenvalue weighted by molar-refractivity contribution is -0.154. The molecule has 3 fully saturated rings. The number of aliphatic hydroxyl groups is 1. The van der Waals surface area contributed by atoms with Gasteiger partial charge < -0.3 is 19.6 Å². The molecule has 1 spiro atoms. The molecule has 3 unspecified atom stereocenters. The summed E-state index contributed by atoms with van der Waals surface area (Å²) >= 11 is 11.9. The highest BCUT2D eigenvalue weighted by atomic mass is 79.9. The van der Waals surface area contributed by atoms with Crippen molar-refractivity contribution in [1.29, 1.82) is 0 Å². The molecule has 1 aromatic carbocycles. The number of fused-ring (bicyclic) bond motifs is 1. The van der Waals surface area contributed by atoms with Gasteiger partial charge in [-0.3, -0.25) is 14.4 Å². The molecule has 7 atom stereocenters. The normalized spacial score (nSPS) is 31.0. The first-order chi connectivity index (χ1) is 17.5. The van der Waals surface area contributed by atoms with Crippen LogP contribution in [0.2, 0.25) is 5.02 Å². The third kappa shape index (κ3) is 4.43. The van der Waals surface area contributed by atoms with Gasteiger partial charge in [0.1, 0.15) is 6.04 Å². The van der Waals surface area contributed by atoms with Gasteiger partial charge in [-0.2, -0.15) is 0 Å². The van der Waals surface area contributed by atoms with Crippen molar-refractivity contribution in [3.05, 3.63) is 41.4 Å². The number of carbonyl (C=O) groups excluding carboxylic acids is 3. The molecule has 0 aliphatic carbocycles. The van der Waals surface area contributed by atoms with E-state index in [-0.39, 0.29) is 47.6 Å². The molecule has 3 saturated heterocycles. The van der Waals surface area contributed by atoms with E-state index < -0.39 is 34.6 Å². The minimum atomic E-state index is -0.894. The second kappa shape index (κ2) is 10.9. The van der Waals surface area contributed by atoms with Crippen LogP contribution in [-0.4, -0.2) is 74.5 Å². The van der Waals surface area contributed by atoms with E-state index in [1.165, 1.54) is 0 Å². The first-order valence-electron chi connectivity index (χ1n) is 12.6. The molecule has 1 N–H and O–H groups in total. The number of ether oxygens (including phenoxy) is 1. The zero-order chi connectivity index (χ0) is 27.2. The second-order valence-corrected chi connectivity index (χ2v) is 13.4. The molecule has 1 aromatic rings. The topological polar surface area (TPSA) is 87.2 Å². The summed E-state index contributed by atoms with van der Waals surface area (Å²) in [6.07, 6.45) is 2.18. The van der Waals surface area contributed by atoms with Crippen LogP contribution in [0.25, 0.3) is 0 Å². The van der Waals surface area contributed by atoms with Crippen LogP contribution in [0, 0.1) is 24.7 Å². The molecule has 2 bridgehead atoms. The Balaban J connectivity index is 1.89. The molecule has 4 rings (SSSR count). The van der Waals surface area contributed by atoms with Crippen molar-refractivity contribution in [1.82, 2.24) is 4.90 Å². The maximum absolute atomic E-state index is 14.7. The second-order valence-electron chi connectivity index (χ2n) is 10.3. The number of carbonyl (C=O) groups is 3. The summed E-state index contributed by atoms with van der Waals surface area (Å²) in [4.78, 5) is 45.2. The van der Waals surface area contributed by atoms with Crippen molar-refractivity contribution >= 4 is 62.8 Å². The van der Waals surface area contributed by atoms with Crippen LogP contribution < -0.4 is 4.90 Å². The minimum Gasteiger partial charge on any atom is -0.466 e. The van der Waals surface area contributed by atoms with E-state index in [4.69, 9.17) is 16.3 Å². The van der Waals surface area contributed by atoms with Crippen LogP contribution in [0.3, 0.4) is 0 Å². The van der Waals surface area contributed by atoms with Crippen LogP contribution in [-0.2, 0) is 19.1 Å². The molecular formula is C27H34BrClN2O5S. The minimum absolute atomic E-state index is 0.0623. The summed E-state index contributed by atoms with van der Waals surface area (Å²) in [6, 6.07) is 3.96. The predicted molar refractivity (Wildman–Crippen MR) is 150 cm³/mol. The summed E-state index contributed by atoms with van der Waals surface area (Å²) in [5.41, 5.74) is 1.39. The first-order valence-corrected chi connectivity index (χ1v) is 14.8. The largest absolute Gasteiger partial charge is 0.466 e. The molecule has 0 saturated carbocycles. The zero-order valence-corrected chi connectivity index (χ0v) is 24.7. The lowest BCUT2D eigenvalue weighted by Crippen LogP contribution is -2.59. The number of aryl methyl sites for hydroxylation is 1. The Kier molecular flexibility index (Phi) is 8.39. The smallest absolute Gasteiger partial charge is 0.310 e. The van der Waals surface area contributed by atoms with Crippen molar-refractivity contribution < 1.29 is 24.2 Å². The van der Waals surface area contributed by atoms with Crippen molar-refractivity contribution in [2.24, 2.45) is 17.8 Å². The summed E-state index contributed by atoms with van der Waals surface area (Å²) in [7, 11) is 0. The number of benzene rings is 1. The van der Waals surface area contributed by atoms with E-state index >= 15 is 0 Å². The van der Waals surface area contributed by atoms with Gasteiger partial charge in [0.05, 0.1) is 46.5 Å². The molecule has 7 nitrogen and oxygen atoms in total. The lowest BCUT2D eigenvalue weighted by Gasteiger charge is -2.41. The highest BCUT2D eigenvalue weighted by Crippen LogP contribution is 2.68. The Morgan fingerprint density at radius 1 is 1.43 bits per heavy atom. The van der Waals surface area contributed by atoms with Gasteiger partial charge in [-0.25, -0.2) is 0 Å². The van der Waals surface area contributed by atoms with Gasteiger partial charge in [-0.05, 0) is 37.8 Å². The number of hydrogen-bond donors (Lipinski definition) is 1. The molecule has 202 valence electrons. The standard InChI is InChI=1S/C27H34BrClN2O5S/c1-6-11-30(21-15(5)9-8-10-17(21)29)25(34)23-27-12-16(28)22(37-27)19(26(35)36-7-2)20(27)24(33)31(23)18(13-32)14(3)4/h6,8-10,14,16,18-20,22-23,32H,1,7,11-13H2,2-5H3/t16?,18-,19+,20-,22+,23?,27?/m0/s1. The number of alkyl halides is 1. The first kappa shape index (κ1) is 28.5. The molecule has 37 heavy (non-hydrogen) atoms. The maximum Gasteiger partial charge on any atom is 0.310 e. The lowest BCUT2D eigenvalue weighted by atomic mass is 9.71. The third-order valence-electron chi connectivity index (χ3n) is 7.87. The molecule has 3 aliphatic rings. The number of para-hydroxylation sites is 1. The van der Waals surface area contributed by atoms with E-state index in [1.54, 1.807) is 40.6 Å². The number of rotatable bonds is 9. The fourth-order valence-electron chi connectivity index (χ4n) is 6.37. The Morgan fingerprint density at radius 2 is 2.14 bits per heavy atom. The van der Waals surface area contributed by atoms with Crippen LogP contribution in [0.1, 0.15) is 32.8 Å². The van der Waals surface area contributed by atoms with Crippen LogP contribution >= 0.6 is 39.3 Å².